The number of hydrogen-bond acceptors (Lipinski definition) is 4. The number of nitrogens with one attached hydrogen (secondary N) is 2. The molecule has 0 spiro atoms. The fraction of sp³-hybridized carbons (Fsp3) is 0.611. The molecule has 1 aromatic carbocycles. The number of ether oxygens (including phenoxy) is 1. The summed E-state index contributed by atoms with van der Waals surface area (Å²) in [6, 6.07) is 8.19. The van der Waals surface area contributed by atoms with Gasteiger partial charge in [-0.25, -0.2) is 0 Å². The van der Waals surface area contributed by atoms with E-state index in [9.17, 15) is 0 Å². The van der Waals surface area contributed by atoms with Crippen LogP contribution in [0.1, 0.15) is 19.8 Å². The van der Waals surface area contributed by atoms with Crippen LogP contribution in [-0.2, 0) is 0 Å². The van der Waals surface area contributed by atoms with Crippen LogP contribution in [0.25, 0.3) is 0 Å². The van der Waals surface area contributed by atoms with E-state index in [0.29, 0.717) is 5.92 Å². The SMILES string of the molecule is CN=C(NCC(C)CSc1ccccc1OC)NCC1CCCS1. The molecule has 24 heavy (non-hydrogen) atoms. The van der Waals surface area contributed by atoms with Crippen LogP contribution in [-0.4, -0.2) is 50.0 Å². The van der Waals surface area contributed by atoms with Crippen LogP contribution in [0, 0.1) is 5.92 Å². The lowest BCUT2D eigenvalue weighted by molar-refractivity contribution is 0.405. The van der Waals surface area contributed by atoms with Gasteiger partial charge < -0.3 is 15.4 Å². The molecule has 0 aliphatic carbocycles. The van der Waals surface area contributed by atoms with Crippen molar-refractivity contribution in [3.63, 3.8) is 0 Å². The number of benzene rings is 1. The number of aliphatic imine (C=N–C) groups is 1. The Morgan fingerprint density at radius 3 is 2.96 bits per heavy atom. The molecular formula is C18H29N3OS2. The van der Waals surface area contributed by atoms with Crippen molar-refractivity contribution < 1.29 is 4.74 Å². The summed E-state index contributed by atoms with van der Waals surface area (Å²) in [6.45, 7) is 4.18. The number of guanidine groups is 1. The zero-order valence-electron chi connectivity index (χ0n) is 14.9. The maximum Gasteiger partial charge on any atom is 0.191 e. The fourth-order valence-corrected chi connectivity index (χ4v) is 4.79. The van der Waals surface area contributed by atoms with Gasteiger partial charge in [-0.2, -0.15) is 11.8 Å². The maximum atomic E-state index is 5.41. The second kappa shape index (κ2) is 10.8. The Balaban J connectivity index is 1.68. The van der Waals surface area contributed by atoms with Crippen molar-refractivity contribution in [2.75, 3.05) is 38.8 Å². The van der Waals surface area contributed by atoms with Gasteiger partial charge in [0.25, 0.3) is 0 Å². The fourth-order valence-electron chi connectivity index (χ4n) is 2.54. The number of methoxy groups -OCH3 is 1. The van der Waals surface area contributed by atoms with Crippen LogP contribution in [0.4, 0.5) is 0 Å². The van der Waals surface area contributed by atoms with E-state index in [-0.39, 0.29) is 0 Å². The van der Waals surface area contributed by atoms with Crippen LogP contribution >= 0.6 is 23.5 Å². The van der Waals surface area contributed by atoms with Gasteiger partial charge in [0, 0.05) is 36.0 Å². The van der Waals surface area contributed by atoms with E-state index in [1.807, 2.05) is 30.9 Å². The third kappa shape index (κ3) is 6.48. The summed E-state index contributed by atoms with van der Waals surface area (Å²) < 4.78 is 5.41. The summed E-state index contributed by atoms with van der Waals surface area (Å²) >= 11 is 3.91. The Bertz CT molecular complexity index is 519. The summed E-state index contributed by atoms with van der Waals surface area (Å²) in [4.78, 5) is 5.53. The van der Waals surface area contributed by atoms with Crippen LogP contribution < -0.4 is 15.4 Å². The molecule has 2 N–H and O–H groups in total. The molecule has 1 aliphatic heterocycles. The summed E-state index contributed by atoms with van der Waals surface area (Å²) in [5.41, 5.74) is 0. The third-order valence-corrected chi connectivity index (χ3v) is 6.74. The number of para-hydroxylation sites is 1. The summed E-state index contributed by atoms with van der Waals surface area (Å²) in [5, 5.41) is 7.63. The lowest BCUT2D eigenvalue weighted by Crippen LogP contribution is -2.42. The Morgan fingerprint density at radius 1 is 1.42 bits per heavy atom. The molecule has 0 amide bonds. The number of thioether (sulfide) groups is 2. The molecule has 134 valence electrons. The largest absolute Gasteiger partial charge is 0.496 e. The molecule has 1 fully saturated rings. The van der Waals surface area contributed by atoms with E-state index < -0.39 is 0 Å². The molecule has 0 saturated carbocycles. The van der Waals surface area contributed by atoms with Crippen molar-refractivity contribution in [2.45, 2.75) is 29.9 Å². The van der Waals surface area contributed by atoms with Gasteiger partial charge >= 0.3 is 0 Å². The molecule has 0 radical (unpaired) electrons. The Kier molecular flexibility index (Phi) is 8.67. The predicted molar refractivity (Wildman–Crippen MR) is 108 cm³/mol. The average molecular weight is 368 g/mol. The molecule has 1 saturated heterocycles. The van der Waals surface area contributed by atoms with E-state index >= 15 is 0 Å². The van der Waals surface area contributed by atoms with E-state index in [1.54, 1.807) is 7.11 Å². The minimum absolute atomic E-state index is 0.541. The van der Waals surface area contributed by atoms with Crippen molar-refractivity contribution in [3.05, 3.63) is 24.3 Å². The van der Waals surface area contributed by atoms with Gasteiger partial charge in [0.1, 0.15) is 5.75 Å². The zero-order valence-corrected chi connectivity index (χ0v) is 16.5. The molecule has 2 rings (SSSR count). The molecule has 2 unspecified atom stereocenters. The number of hydrogen-bond donors (Lipinski definition) is 2. The minimum Gasteiger partial charge on any atom is -0.496 e. The van der Waals surface area contributed by atoms with Gasteiger partial charge in [-0.05, 0) is 36.6 Å². The van der Waals surface area contributed by atoms with Crippen LogP contribution in [0.5, 0.6) is 5.75 Å². The van der Waals surface area contributed by atoms with Gasteiger partial charge in [-0.1, -0.05) is 19.1 Å². The van der Waals surface area contributed by atoms with Crippen LogP contribution in [0.3, 0.4) is 0 Å². The van der Waals surface area contributed by atoms with Gasteiger partial charge in [0.05, 0.1) is 7.11 Å². The topological polar surface area (TPSA) is 45.7 Å². The van der Waals surface area contributed by atoms with E-state index in [4.69, 9.17) is 4.74 Å². The molecule has 2 atom stereocenters. The van der Waals surface area contributed by atoms with Crippen molar-refractivity contribution in [1.29, 1.82) is 0 Å². The first-order valence-corrected chi connectivity index (χ1v) is 10.6. The van der Waals surface area contributed by atoms with E-state index in [1.165, 1.54) is 23.5 Å². The summed E-state index contributed by atoms with van der Waals surface area (Å²) in [7, 11) is 3.56. The molecule has 0 bridgehead atoms. The third-order valence-electron chi connectivity index (χ3n) is 3.96. The van der Waals surface area contributed by atoms with Crippen molar-refractivity contribution in [2.24, 2.45) is 10.9 Å². The van der Waals surface area contributed by atoms with Gasteiger partial charge in [-0.3, -0.25) is 4.99 Å². The molecule has 6 heteroatoms. The molecule has 1 aromatic rings. The van der Waals surface area contributed by atoms with Gasteiger partial charge in [0.15, 0.2) is 5.96 Å². The first-order chi connectivity index (χ1) is 11.7. The Morgan fingerprint density at radius 2 is 2.25 bits per heavy atom. The van der Waals surface area contributed by atoms with Crippen molar-refractivity contribution >= 4 is 29.5 Å². The monoisotopic (exact) mass is 367 g/mol. The highest BCUT2D eigenvalue weighted by Crippen LogP contribution is 2.29. The second-order valence-corrected chi connectivity index (χ2v) is 8.51. The van der Waals surface area contributed by atoms with E-state index in [2.05, 4.69) is 46.4 Å². The summed E-state index contributed by atoms with van der Waals surface area (Å²) in [6.07, 6.45) is 2.67. The highest BCUT2D eigenvalue weighted by molar-refractivity contribution is 8.00. The Hall–Kier alpha value is -1.01. The second-order valence-electron chi connectivity index (χ2n) is 6.04. The quantitative estimate of drug-likeness (QED) is 0.418. The lowest BCUT2D eigenvalue weighted by Gasteiger charge is -2.18. The molecule has 1 aliphatic rings. The zero-order chi connectivity index (χ0) is 17.2. The molecule has 4 nitrogen and oxygen atoms in total. The first-order valence-electron chi connectivity index (χ1n) is 8.55. The smallest absolute Gasteiger partial charge is 0.191 e. The van der Waals surface area contributed by atoms with Crippen LogP contribution in [0.2, 0.25) is 0 Å². The van der Waals surface area contributed by atoms with Gasteiger partial charge in [0.2, 0.25) is 0 Å². The molecule has 0 aromatic heterocycles. The lowest BCUT2D eigenvalue weighted by atomic mass is 10.2. The van der Waals surface area contributed by atoms with Crippen LogP contribution in [0.15, 0.2) is 34.2 Å². The highest BCUT2D eigenvalue weighted by Gasteiger charge is 2.15. The van der Waals surface area contributed by atoms with Gasteiger partial charge in [-0.15, -0.1) is 11.8 Å². The minimum atomic E-state index is 0.541. The number of nitrogens with zero attached hydrogens (tertiary/aromatic N) is 1. The normalized spacial score (nSPS) is 19.1. The average Bonchev–Trinajstić information content (AvgIpc) is 3.13. The van der Waals surface area contributed by atoms with Crippen molar-refractivity contribution in [1.82, 2.24) is 10.6 Å². The first kappa shape index (κ1) is 19.3. The standard InChI is InChI=1S/C18H29N3OS2/c1-14(13-24-17-9-5-4-8-16(17)22-3)11-20-18(19-2)21-12-15-7-6-10-23-15/h4-5,8-9,14-15H,6-7,10-13H2,1-3H3,(H2,19,20,21). The molecule has 1 heterocycles. The number of rotatable bonds is 8. The summed E-state index contributed by atoms with van der Waals surface area (Å²) in [5.74, 6) is 4.75. The molecular weight excluding hydrogens is 338 g/mol. The maximum absolute atomic E-state index is 5.41. The Labute approximate surface area is 154 Å². The van der Waals surface area contributed by atoms with Crippen molar-refractivity contribution in [3.8, 4) is 5.75 Å². The predicted octanol–water partition coefficient (Wildman–Crippen LogP) is 3.48. The highest BCUT2D eigenvalue weighted by atomic mass is 32.2. The van der Waals surface area contributed by atoms with E-state index in [0.717, 1.165) is 35.8 Å².